The molecule has 4 unspecified atom stereocenters. The van der Waals surface area contributed by atoms with Crippen LogP contribution in [0.4, 0.5) is 0 Å². The van der Waals surface area contributed by atoms with Crippen LogP contribution in [0.2, 0.25) is 0 Å². The number of ketones is 1. The summed E-state index contributed by atoms with van der Waals surface area (Å²) in [4.78, 5) is 12.1. The van der Waals surface area contributed by atoms with Crippen molar-refractivity contribution in [2.24, 2.45) is 17.8 Å². The second-order valence-electron chi connectivity index (χ2n) is 5.54. The zero-order valence-corrected chi connectivity index (χ0v) is 10.5. The molecule has 90 valence electrons. The van der Waals surface area contributed by atoms with Gasteiger partial charge in [0.05, 0.1) is 6.61 Å². The zero-order chi connectivity index (χ0) is 11.0. The number of fused-ring (bicyclic) bond motifs is 2. The first kappa shape index (κ1) is 11.1. The van der Waals surface area contributed by atoms with E-state index in [0.29, 0.717) is 11.7 Å². The second kappa shape index (κ2) is 4.69. The van der Waals surface area contributed by atoms with E-state index in [9.17, 15) is 4.79 Å². The molecule has 1 aliphatic heterocycles. The minimum Gasteiger partial charge on any atom is -0.369 e. The van der Waals surface area contributed by atoms with Gasteiger partial charge >= 0.3 is 0 Å². The summed E-state index contributed by atoms with van der Waals surface area (Å²) < 4.78 is 5.56. The minimum absolute atomic E-state index is 0.0853. The van der Waals surface area contributed by atoms with Gasteiger partial charge in [-0.15, -0.1) is 0 Å². The van der Waals surface area contributed by atoms with Gasteiger partial charge in [0.1, 0.15) is 6.10 Å². The van der Waals surface area contributed by atoms with Crippen molar-refractivity contribution in [2.75, 3.05) is 18.1 Å². The van der Waals surface area contributed by atoms with Gasteiger partial charge in [0.2, 0.25) is 0 Å². The maximum atomic E-state index is 12.1. The Labute approximate surface area is 101 Å². The largest absolute Gasteiger partial charge is 0.369 e. The Morgan fingerprint density at radius 2 is 2.25 bits per heavy atom. The molecular weight excluding hydrogens is 220 g/mol. The van der Waals surface area contributed by atoms with E-state index in [4.69, 9.17) is 4.74 Å². The molecule has 0 amide bonds. The van der Waals surface area contributed by atoms with Crippen LogP contribution in [0.1, 0.15) is 32.1 Å². The van der Waals surface area contributed by atoms with Crippen molar-refractivity contribution in [1.82, 2.24) is 0 Å². The third-order valence-corrected chi connectivity index (χ3v) is 5.52. The average Bonchev–Trinajstić information content (AvgIpc) is 2.92. The van der Waals surface area contributed by atoms with E-state index in [1.807, 2.05) is 11.8 Å². The van der Waals surface area contributed by atoms with Crippen molar-refractivity contribution in [2.45, 2.75) is 38.2 Å². The number of hydrogen-bond acceptors (Lipinski definition) is 3. The second-order valence-corrected chi connectivity index (χ2v) is 6.69. The maximum Gasteiger partial charge on any atom is 0.162 e. The summed E-state index contributed by atoms with van der Waals surface area (Å²) in [5, 5.41) is 0. The standard InChI is InChI=1S/C13H20O2S/c14-12(13-8-16-4-3-15-13)7-11-6-9-1-2-10(11)5-9/h9-11,13H,1-8H2. The lowest BCUT2D eigenvalue weighted by Crippen LogP contribution is -2.33. The molecule has 2 saturated carbocycles. The highest BCUT2D eigenvalue weighted by Gasteiger charge is 2.41. The molecule has 4 atom stereocenters. The van der Waals surface area contributed by atoms with Crippen molar-refractivity contribution in [3.8, 4) is 0 Å². The Bertz CT molecular complexity index is 273. The van der Waals surface area contributed by atoms with E-state index in [2.05, 4.69) is 0 Å². The number of ether oxygens (including phenoxy) is 1. The van der Waals surface area contributed by atoms with Crippen LogP contribution in [0.25, 0.3) is 0 Å². The van der Waals surface area contributed by atoms with Gasteiger partial charge in [-0.1, -0.05) is 6.42 Å². The Morgan fingerprint density at radius 1 is 1.31 bits per heavy atom. The molecule has 0 spiro atoms. The van der Waals surface area contributed by atoms with Crippen LogP contribution in [0.5, 0.6) is 0 Å². The zero-order valence-electron chi connectivity index (χ0n) is 9.69. The first-order valence-electron chi connectivity index (χ1n) is 6.55. The lowest BCUT2D eigenvalue weighted by Gasteiger charge is -2.25. The molecule has 3 fully saturated rings. The Balaban J connectivity index is 1.52. The fourth-order valence-electron chi connectivity index (χ4n) is 3.69. The highest BCUT2D eigenvalue weighted by atomic mass is 32.2. The molecule has 3 rings (SSSR count). The van der Waals surface area contributed by atoms with Crippen molar-refractivity contribution < 1.29 is 9.53 Å². The number of Topliss-reactive ketones (excluding diaryl/α,β-unsaturated/α-hetero) is 1. The maximum absolute atomic E-state index is 12.1. The van der Waals surface area contributed by atoms with Gasteiger partial charge in [-0.2, -0.15) is 11.8 Å². The van der Waals surface area contributed by atoms with E-state index < -0.39 is 0 Å². The van der Waals surface area contributed by atoms with E-state index in [1.54, 1.807) is 0 Å². The lowest BCUT2D eigenvalue weighted by molar-refractivity contribution is -0.130. The van der Waals surface area contributed by atoms with Crippen LogP contribution in [0.15, 0.2) is 0 Å². The highest BCUT2D eigenvalue weighted by molar-refractivity contribution is 7.99. The molecule has 0 aromatic rings. The molecule has 0 aromatic heterocycles. The van der Waals surface area contributed by atoms with Crippen LogP contribution >= 0.6 is 11.8 Å². The fraction of sp³-hybridized carbons (Fsp3) is 0.923. The summed E-state index contributed by atoms with van der Waals surface area (Å²) in [6, 6.07) is 0. The van der Waals surface area contributed by atoms with Gasteiger partial charge in [0, 0.05) is 17.9 Å². The SMILES string of the molecule is O=C(CC1CC2CCC1C2)C1CSCCO1. The molecule has 0 N–H and O–H groups in total. The van der Waals surface area contributed by atoms with E-state index in [-0.39, 0.29) is 6.10 Å². The predicted octanol–water partition coefficient (Wildman–Crippen LogP) is 2.51. The quantitative estimate of drug-likeness (QED) is 0.758. The molecule has 1 saturated heterocycles. The van der Waals surface area contributed by atoms with Crippen LogP contribution < -0.4 is 0 Å². The van der Waals surface area contributed by atoms with Gasteiger partial charge in [0.15, 0.2) is 5.78 Å². The molecule has 2 aliphatic carbocycles. The number of thioether (sulfide) groups is 1. The summed E-state index contributed by atoms with van der Waals surface area (Å²) in [6.45, 7) is 0.762. The summed E-state index contributed by atoms with van der Waals surface area (Å²) in [5.74, 6) is 4.83. The van der Waals surface area contributed by atoms with Crippen molar-refractivity contribution in [3.05, 3.63) is 0 Å². The summed E-state index contributed by atoms with van der Waals surface area (Å²) in [7, 11) is 0. The van der Waals surface area contributed by atoms with Crippen LogP contribution in [-0.2, 0) is 9.53 Å². The lowest BCUT2D eigenvalue weighted by atomic mass is 9.84. The van der Waals surface area contributed by atoms with Crippen LogP contribution in [0.3, 0.4) is 0 Å². The molecule has 2 bridgehead atoms. The van der Waals surface area contributed by atoms with Gasteiger partial charge in [-0.25, -0.2) is 0 Å². The fourth-order valence-corrected chi connectivity index (χ4v) is 4.57. The molecule has 0 radical (unpaired) electrons. The topological polar surface area (TPSA) is 26.3 Å². The number of carbonyl (C=O) groups is 1. The molecular formula is C13H20O2S. The van der Waals surface area contributed by atoms with Crippen LogP contribution in [0, 0.1) is 17.8 Å². The smallest absolute Gasteiger partial charge is 0.162 e. The van der Waals surface area contributed by atoms with Gasteiger partial charge in [-0.05, 0) is 37.0 Å². The number of hydrogen-bond donors (Lipinski definition) is 0. The minimum atomic E-state index is -0.0853. The molecule has 3 aliphatic rings. The van der Waals surface area contributed by atoms with Crippen molar-refractivity contribution in [3.63, 3.8) is 0 Å². The van der Waals surface area contributed by atoms with E-state index in [1.165, 1.54) is 25.7 Å². The summed E-state index contributed by atoms with van der Waals surface area (Å²) in [5.41, 5.74) is 0. The summed E-state index contributed by atoms with van der Waals surface area (Å²) in [6.07, 6.45) is 6.23. The van der Waals surface area contributed by atoms with Gasteiger partial charge in [-0.3, -0.25) is 4.79 Å². The van der Waals surface area contributed by atoms with E-state index >= 15 is 0 Å². The first-order chi connectivity index (χ1) is 7.83. The Morgan fingerprint density at radius 3 is 2.88 bits per heavy atom. The predicted molar refractivity (Wildman–Crippen MR) is 65.6 cm³/mol. The highest BCUT2D eigenvalue weighted by Crippen LogP contribution is 2.49. The molecule has 3 heteroatoms. The summed E-state index contributed by atoms with van der Waals surface area (Å²) >= 11 is 1.86. The molecule has 16 heavy (non-hydrogen) atoms. The normalized spacial score (nSPS) is 42.5. The number of rotatable bonds is 3. The molecule has 1 heterocycles. The number of carbonyl (C=O) groups excluding carboxylic acids is 1. The van der Waals surface area contributed by atoms with Gasteiger partial charge in [0.25, 0.3) is 0 Å². The Kier molecular flexibility index (Phi) is 3.25. The van der Waals surface area contributed by atoms with Crippen LogP contribution in [-0.4, -0.2) is 30.0 Å². The van der Waals surface area contributed by atoms with Gasteiger partial charge < -0.3 is 4.74 Å². The van der Waals surface area contributed by atoms with E-state index in [0.717, 1.165) is 36.4 Å². The third kappa shape index (κ3) is 2.17. The van der Waals surface area contributed by atoms with Crippen molar-refractivity contribution in [1.29, 1.82) is 0 Å². The monoisotopic (exact) mass is 240 g/mol. The molecule has 0 aromatic carbocycles. The third-order valence-electron chi connectivity index (χ3n) is 4.52. The van der Waals surface area contributed by atoms with Crippen molar-refractivity contribution >= 4 is 17.5 Å². The first-order valence-corrected chi connectivity index (χ1v) is 7.70. The average molecular weight is 240 g/mol. The molecule has 2 nitrogen and oxygen atoms in total. The Hall–Kier alpha value is -0.0200.